The Balaban J connectivity index is 2.00. The second-order valence-corrected chi connectivity index (χ2v) is 4.94. The third kappa shape index (κ3) is 5.28. The van der Waals surface area contributed by atoms with Crippen LogP contribution in [0.3, 0.4) is 0 Å². The Labute approximate surface area is 128 Å². The van der Waals surface area contributed by atoms with Crippen molar-refractivity contribution in [2.45, 2.75) is 26.1 Å². The van der Waals surface area contributed by atoms with E-state index in [2.05, 4.69) is 23.8 Å². The van der Waals surface area contributed by atoms with Crippen molar-refractivity contribution in [3.05, 3.63) is 65.2 Å². The third-order valence-electron chi connectivity index (χ3n) is 3.10. The van der Waals surface area contributed by atoms with Crippen molar-refractivity contribution in [2.24, 2.45) is 0 Å². The van der Waals surface area contributed by atoms with Crippen LogP contribution in [0.15, 0.2) is 48.5 Å². The summed E-state index contributed by atoms with van der Waals surface area (Å²) in [6, 6.07) is 14.0. The quantitative estimate of drug-likeness (QED) is 0.643. The van der Waals surface area contributed by atoms with Crippen LogP contribution in [0.4, 0.5) is 13.2 Å². The van der Waals surface area contributed by atoms with Gasteiger partial charge in [-0.25, -0.2) is 0 Å². The van der Waals surface area contributed by atoms with Crippen LogP contribution in [-0.4, -0.2) is 6.36 Å². The van der Waals surface area contributed by atoms with E-state index in [0.29, 0.717) is 0 Å². The van der Waals surface area contributed by atoms with E-state index >= 15 is 0 Å². The molecule has 22 heavy (non-hydrogen) atoms. The van der Waals surface area contributed by atoms with Crippen LogP contribution in [0, 0.1) is 0 Å². The fourth-order valence-electron chi connectivity index (χ4n) is 2.06. The van der Waals surface area contributed by atoms with Crippen molar-refractivity contribution in [3.63, 3.8) is 0 Å². The summed E-state index contributed by atoms with van der Waals surface area (Å²) in [5.41, 5.74) is 3.16. The van der Waals surface area contributed by atoms with E-state index in [1.807, 2.05) is 24.3 Å². The van der Waals surface area contributed by atoms with Crippen LogP contribution in [0.2, 0.25) is 0 Å². The molecule has 1 nitrogen and oxygen atoms in total. The minimum Gasteiger partial charge on any atom is -0.406 e. The summed E-state index contributed by atoms with van der Waals surface area (Å²) >= 11 is 0. The van der Waals surface area contributed by atoms with Crippen LogP contribution >= 0.6 is 0 Å². The van der Waals surface area contributed by atoms with Crippen molar-refractivity contribution in [1.82, 2.24) is 0 Å². The van der Waals surface area contributed by atoms with Gasteiger partial charge in [-0.2, -0.15) is 0 Å². The molecule has 0 heterocycles. The van der Waals surface area contributed by atoms with Gasteiger partial charge in [0.25, 0.3) is 0 Å². The lowest BCUT2D eigenvalue weighted by atomic mass is 10.1. The van der Waals surface area contributed by atoms with Crippen molar-refractivity contribution >= 4 is 12.2 Å². The molecule has 0 fully saturated rings. The molecule has 0 aliphatic rings. The summed E-state index contributed by atoms with van der Waals surface area (Å²) in [6.07, 6.45) is 1.30. The molecule has 0 N–H and O–H groups in total. The smallest absolute Gasteiger partial charge is 0.406 e. The molecule has 0 unspecified atom stereocenters. The fourth-order valence-corrected chi connectivity index (χ4v) is 2.06. The lowest BCUT2D eigenvalue weighted by Crippen LogP contribution is -2.16. The Morgan fingerprint density at radius 3 is 1.82 bits per heavy atom. The molecule has 0 radical (unpaired) electrons. The maximum Gasteiger partial charge on any atom is 0.573 e. The number of hydrogen-bond acceptors (Lipinski definition) is 1. The van der Waals surface area contributed by atoms with Crippen molar-refractivity contribution < 1.29 is 17.9 Å². The van der Waals surface area contributed by atoms with Crippen LogP contribution in [0.25, 0.3) is 12.2 Å². The highest BCUT2D eigenvalue weighted by molar-refractivity contribution is 5.69. The molecule has 0 aliphatic heterocycles. The first-order chi connectivity index (χ1) is 10.5. The maximum absolute atomic E-state index is 12.1. The normalized spacial score (nSPS) is 11.8. The van der Waals surface area contributed by atoms with Gasteiger partial charge in [0.05, 0.1) is 0 Å². The highest BCUT2D eigenvalue weighted by Gasteiger charge is 2.30. The molecule has 0 bridgehead atoms. The van der Waals surface area contributed by atoms with Gasteiger partial charge in [0, 0.05) is 0 Å². The SMILES string of the molecule is CCCc1ccc(C=Cc2ccc(OC(F)(F)F)cc2)cc1. The van der Waals surface area contributed by atoms with Crippen LogP contribution in [0.1, 0.15) is 30.0 Å². The van der Waals surface area contributed by atoms with Gasteiger partial charge in [-0.1, -0.05) is 61.9 Å². The largest absolute Gasteiger partial charge is 0.573 e. The highest BCUT2D eigenvalue weighted by atomic mass is 19.4. The second kappa shape index (κ2) is 7.16. The van der Waals surface area contributed by atoms with E-state index in [1.165, 1.54) is 17.7 Å². The van der Waals surface area contributed by atoms with Gasteiger partial charge in [-0.05, 0) is 35.2 Å². The molecule has 2 aromatic carbocycles. The highest BCUT2D eigenvalue weighted by Crippen LogP contribution is 2.23. The van der Waals surface area contributed by atoms with Gasteiger partial charge in [0.2, 0.25) is 0 Å². The van der Waals surface area contributed by atoms with Gasteiger partial charge >= 0.3 is 6.36 Å². The molecular weight excluding hydrogens is 289 g/mol. The Kier molecular flexibility index (Phi) is 5.26. The Morgan fingerprint density at radius 2 is 1.36 bits per heavy atom. The molecule has 0 saturated carbocycles. The molecular formula is C18H17F3O. The summed E-state index contributed by atoms with van der Waals surface area (Å²) < 4.78 is 40.0. The molecule has 0 saturated heterocycles. The maximum atomic E-state index is 12.1. The minimum atomic E-state index is -4.66. The van der Waals surface area contributed by atoms with E-state index in [-0.39, 0.29) is 5.75 Å². The number of hydrogen-bond donors (Lipinski definition) is 0. The first kappa shape index (κ1) is 16.1. The predicted octanol–water partition coefficient (Wildman–Crippen LogP) is 5.71. The molecule has 0 aliphatic carbocycles. The number of rotatable bonds is 5. The predicted molar refractivity (Wildman–Crippen MR) is 82.5 cm³/mol. The molecule has 0 aromatic heterocycles. The number of halogens is 3. The number of benzene rings is 2. The number of aryl methyl sites for hydroxylation is 1. The van der Waals surface area contributed by atoms with E-state index in [0.717, 1.165) is 24.0 Å². The van der Waals surface area contributed by atoms with Crippen LogP contribution < -0.4 is 4.74 Å². The number of alkyl halides is 3. The minimum absolute atomic E-state index is 0.214. The molecule has 0 spiro atoms. The van der Waals surface area contributed by atoms with Crippen molar-refractivity contribution in [1.29, 1.82) is 0 Å². The molecule has 0 atom stereocenters. The van der Waals surface area contributed by atoms with Gasteiger partial charge in [0.1, 0.15) is 5.75 Å². The zero-order chi connectivity index (χ0) is 16.0. The standard InChI is InChI=1S/C18H17F3O/c1-2-3-14-4-6-15(7-5-14)8-9-16-10-12-17(13-11-16)22-18(19,20)21/h4-13H,2-3H2,1H3. The number of ether oxygens (including phenoxy) is 1. The van der Waals surface area contributed by atoms with E-state index in [4.69, 9.17) is 0 Å². The molecule has 2 aromatic rings. The lowest BCUT2D eigenvalue weighted by Gasteiger charge is -2.08. The van der Waals surface area contributed by atoms with Crippen molar-refractivity contribution in [2.75, 3.05) is 0 Å². The third-order valence-corrected chi connectivity index (χ3v) is 3.10. The van der Waals surface area contributed by atoms with Crippen molar-refractivity contribution in [3.8, 4) is 5.75 Å². The zero-order valence-corrected chi connectivity index (χ0v) is 12.2. The van der Waals surface area contributed by atoms with Gasteiger partial charge in [-0.15, -0.1) is 13.2 Å². The zero-order valence-electron chi connectivity index (χ0n) is 12.2. The van der Waals surface area contributed by atoms with E-state index in [9.17, 15) is 13.2 Å². The average Bonchev–Trinajstić information content (AvgIpc) is 2.47. The Morgan fingerprint density at radius 1 is 0.864 bits per heavy atom. The van der Waals surface area contributed by atoms with Gasteiger partial charge in [-0.3, -0.25) is 0 Å². The molecule has 0 amide bonds. The molecule has 2 rings (SSSR count). The second-order valence-electron chi connectivity index (χ2n) is 4.94. The topological polar surface area (TPSA) is 9.23 Å². The van der Waals surface area contributed by atoms with E-state index in [1.54, 1.807) is 12.1 Å². The summed E-state index contributed by atoms with van der Waals surface area (Å²) in [7, 11) is 0. The van der Waals surface area contributed by atoms with Gasteiger partial charge in [0.15, 0.2) is 0 Å². The van der Waals surface area contributed by atoms with Crippen LogP contribution in [-0.2, 0) is 6.42 Å². The Bertz CT molecular complexity index is 610. The molecule has 4 heteroatoms. The van der Waals surface area contributed by atoms with Crippen LogP contribution in [0.5, 0.6) is 5.75 Å². The monoisotopic (exact) mass is 306 g/mol. The fraction of sp³-hybridized carbons (Fsp3) is 0.222. The first-order valence-corrected chi connectivity index (χ1v) is 7.09. The first-order valence-electron chi connectivity index (χ1n) is 7.09. The summed E-state index contributed by atoms with van der Waals surface area (Å²) in [5, 5.41) is 0. The van der Waals surface area contributed by atoms with E-state index < -0.39 is 6.36 Å². The summed E-state index contributed by atoms with van der Waals surface area (Å²) in [4.78, 5) is 0. The van der Waals surface area contributed by atoms with Gasteiger partial charge < -0.3 is 4.74 Å². The molecule has 116 valence electrons. The summed E-state index contributed by atoms with van der Waals surface area (Å²) in [5.74, 6) is -0.214. The Hall–Kier alpha value is -2.23. The average molecular weight is 306 g/mol. The summed E-state index contributed by atoms with van der Waals surface area (Å²) in [6.45, 7) is 2.14. The lowest BCUT2D eigenvalue weighted by molar-refractivity contribution is -0.274.